The van der Waals surface area contributed by atoms with Gasteiger partial charge in [-0.15, -0.1) is 0 Å². The van der Waals surface area contributed by atoms with Crippen LogP contribution < -0.4 is 20.5 Å². The van der Waals surface area contributed by atoms with Crippen LogP contribution in [0.1, 0.15) is 39.9 Å². The number of anilines is 1. The van der Waals surface area contributed by atoms with Crippen molar-refractivity contribution < 1.29 is 37.3 Å². The van der Waals surface area contributed by atoms with E-state index in [0.29, 0.717) is 25.2 Å². The van der Waals surface area contributed by atoms with E-state index >= 15 is 0 Å². The summed E-state index contributed by atoms with van der Waals surface area (Å²) in [7, 11) is 3.31. The van der Waals surface area contributed by atoms with Gasteiger partial charge in [0, 0.05) is 43.7 Å². The van der Waals surface area contributed by atoms with Crippen molar-refractivity contribution in [3.8, 4) is 22.6 Å². The summed E-state index contributed by atoms with van der Waals surface area (Å²) < 4.78 is 52.1. The molecule has 8 nitrogen and oxygen atoms in total. The molecule has 1 fully saturated rings. The highest BCUT2D eigenvalue weighted by Crippen LogP contribution is 2.44. The summed E-state index contributed by atoms with van der Waals surface area (Å²) in [5.74, 6) is -3.80. The zero-order valence-electron chi connectivity index (χ0n) is 26.3. The predicted octanol–water partition coefficient (Wildman–Crippen LogP) is 6.59. The molecule has 0 aromatic heterocycles. The highest BCUT2D eigenvalue weighted by molar-refractivity contribution is 6.01. The van der Waals surface area contributed by atoms with Gasteiger partial charge in [0.05, 0.1) is 25.3 Å². The number of rotatable bonds is 8. The van der Waals surface area contributed by atoms with E-state index < -0.39 is 30.2 Å². The number of benzene rings is 4. The minimum Gasteiger partial charge on any atom is -0.496 e. The molecule has 0 radical (unpaired) electrons. The number of fused-ring (bicyclic) bond motifs is 1. The highest BCUT2D eigenvalue weighted by atomic mass is 19.3. The maximum atomic E-state index is 13.6. The topological polar surface area (TPSA) is 114 Å². The Kier molecular flexibility index (Phi) is 10.8. The molecule has 11 heteroatoms. The molecule has 1 aliphatic heterocycles. The summed E-state index contributed by atoms with van der Waals surface area (Å²) in [6, 6.07) is 18.9. The molecule has 1 amide bonds. The van der Waals surface area contributed by atoms with Crippen molar-refractivity contribution in [3.05, 3.63) is 88.7 Å². The second-order valence-electron chi connectivity index (χ2n) is 11.2. The molecule has 5 rings (SSSR count). The lowest BCUT2D eigenvalue weighted by molar-refractivity contribution is -0.135. The molecule has 0 bridgehead atoms. The normalized spacial score (nSPS) is 14.2. The Morgan fingerprint density at radius 2 is 1.63 bits per heavy atom. The Morgan fingerprint density at radius 1 is 0.957 bits per heavy atom. The molecular formula is C35H38F3N3O5. The number of nitrogens with one attached hydrogen (secondary N) is 1. The number of halogens is 3. The fourth-order valence-corrected chi connectivity index (χ4v) is 5.66. The molecule has 1 aliphatic rings. The molecule has 0 atom stereocenters. The summed E-state index contributed by atoms with van der Waals surface area (Å²) in [6.45, 7) is 4.40. The number of nitrogens with zero attached hydrogens (tertiary/aromatic N) is 1. The number of methoxy groups -OCH3 is 2. The molecule has 0 spiro atoms. The molecule has 4 N–H and O–H groups in total. The van der Waals surface area contributed by atoms with Gasteiger partial charge in [-0.3, -0.25) is 14.5 Å². The molecular weight excluding hydrogens is 599 g/mol. The second kappa shape index (κ2) is 14.6. The van der Waals surface area contributed by atoms with Gasteiger partial charge in [-0.2, -0.15) is 0 Å². The molecule has 0 aliphatic carbocycles. The Bertz CT molecular complexity index is 1710. The van der Waals surface area contributed by atoms with Crippen LogP contribution in [0.2, 0.25) is 0 Å². The number of alkyl halides is 2. The third kappa shape index (κ3) is 7.89. The summed E-state index contributed by atoms with van der Waals surface area (Å²) >= 11 is 0. The number of amides is 1. The summed E-state index contributed by atoms with van der Waals surface area (Å²) in [5, 5.41) is 12.8. The Balaban J connectivity index is 0.000000254. The van der Waals surface area contributed by atoms with E-state index in [9.17, 15) is 22.8 Å². The van der Waals surface area contributed by atoms with E-state index in [0.717, 1.165) is 39.6 Å². The van der Waals surface area contributed by atoms with Gasteiger partial charge < -0.3 is 25.6 Å². The average Bonchev–Trinajstić information content (AvgIpc) is 3.00. The van der Waals surface area contributed by atoms with Crippen LogP contribution in [0.15, 0.2) is 60.7 Å². The van der Waals surface area contributed by atoms with Crippen molar-refractivity contribution in [1.82, 2.24) is 10.2 Å². The quantitative estimate of drug-likeness (QED) is 0.187. The molecule has 1 heterocycles. The second-order valence-corrected chi connectivity index (χ2v) is 11.2. The number of nitrogens with two attached hydrogens (primary N) is 1. The zero-order valence-corrected chi connectivity index (χ0v) is 26.3. The molecule has 4 aromatic rings. The summed E-state index contributed by atoms with van der Waals surface area (Å²) in [4.78, 5) is 23.7. The van der Waals surface area contributed by atoms with Crippen LogP contribution in [0.5, 0.6) is 11.5 Å². The van der Waals surface area contributed by atoms with Gasteiger partial charge in [0.25, 0.3) is 11.8 Å². The van der Waals surface area contributed by atoms with Crippen molar-refractivity contribution in [2.75, 3.05) is 39.6 Å². The van der Waals surface area contributed by atoms with E-state index in [1.54, 1.807) is 14.2 Å². The SMILES string of the molecule is COc1ccc(CN2CCC(F)(F)CC2)c(OC)c1-c1cccc2c(C)cccc12.Cc1cc(N)cc(F)c1C(=O)NCC(=O)O. The number of carbonyl (C=O) groups excluding carboxylic acids is 1. The molecule has 244 valence electrons. The Labute approximate surface area is 265 Å². The van der Waals surface area contributed by atoms with Crippen LogP contribution in [0, 0.1) is 19.7 Å². The standard InChI is InChI=1S/C25H27F2NO2.C10H11FN2O3/c1-17-6-4-8-20-19(17)7-5-9-21(20)23-22(29-2)11-10-18(24(23)30-3)16-28-14-12-25(26,27)13-15-28;1-5-2-6(12)3-7(11)9(5)10(16)13-4-8(14)15/h4-11H,12-16H2,1-3H3;2-3H,4,12H2,1H3,(H,13,16)(H,14,15). The molecule has 0 unspecified atom stereocenters. The van der Waals surface area contributed by atoms with Crippen molar-refractivity contribution >= 4 is 28.3 Å². The van der Waals surface area contributed by atoms with Crippen molar-refractivity contribution in [3.63, 3.8) is 0 Å². The fourth-order valence-electron chi connectivity index (χ4n) is 5.66. The number of carboxylic acid groups (broad SMARTS) is 1. The summed E-state index contributed by atoms with van der Waals surface area (Å²) in [6.07, 6.45) is -0.193. The first kappa shape index (κ1) is 34.1. The number of aryl methyl sites for hydroxylation is 2. The van der Waals surface area contributed by atoms with Crippen molar-refractivity contribution in [2.24, 2.45) is 0 Å². The van der Waals surface area contributed by atoms with Crippen LogP contribution in [0.4, 0.5) is 18.9 Å². The minimum absolute atomic E-state index is 0.0963. The number of hydrogen-bond acceptors (Lipinski definition) is 6. The lowest BCUT2D eigenvalue weighted by Crippen LogP contribution is -2.38. The number of carboxylic acids is 1. The number of piperidine rings is 1. The Hall–Kier alpha value is -4.77. The summed E-state index contributed by atoms with van der Waals surface area (Å²) in [5.41, 5.74) is 9.89. The van der Waals surface area contributed by atoms with Gasteiger partial charge in [0.2, 0.25) is 0 Å². The van der Waals surface area contributed by atoms with Crippen molar-refractivity contribution in [2.45, 2.75) is 39.2 Å². The number of nitrogen functional groups attached to an aromatic ring is 1. The van der Waals surface area contributed by atoms with Crippen LogP contribution in [0.3, 0.4) is 0 Å². The number of ether oxygens (including phenoxy) is 2. The van der Waals surface area contributed by atoms with E-state index in [1.165, 1.54) is 23.9 Å². The average molecular weight is 638 g/mol. The van der Waals surface area contributed by atoms with Gasteiger partial charge in [-0.1, -0.05) is 42.5 Å². The van der Waals surface area contributed by atoms with E-state index in [4.69, 9.17) is 20.3 Å². The number of hydrogen-bond donors (Lipinski definition) is 3. The van der Waals surface area contributed by atoms with Gasteiger partial charge in [0.15, 0.2) is 0 Å². The zero-order chi connectivity index (χ0) is 33.6. The molecule has 1 saturated heterocycles. The molecule has 4 aromatic carbocycles. The number of aliphatic carboxylic acids is 1. The molecule has 46 heavy (non-hydrogen) atoms. The maximum absolute atomic E-state index is 13.6. The van der Waals surface area contributed by atoms with Crippen molar-refractivity contribution in [1.29, 1.82) is 0 Å². The molecule has 0 saturated carbocycles. The van der Waals surface area contributed by atoms with Gasteiger partial charge in [0.1, 0.15) is 23.9 Å². The van der Waals surface area contributed by atoms with Crippen LogP contribution >= 0.6 is 0 Å². The van der Waals surface area contributed by atoms with Crippen LogP contribution in [-0.2, 0) is 11.3 Å². The monoisotopic (exact) mass is 637 g/mol. The first-order valence-corrected chi connectivity index (χ1v) is 14.7. The van der Waals surface area contributed by atoms with E-state index in [1.807, 2.05) is 18.2 Å². The largest absolute Gasteiger partial charge is 0.496 e. The van der Waals surface area contributed by atoms with E-state index in [2.05, 4.69) is 47.5 Å². The lowest BCUT2D eigenvalue weighted by Gasteiger charge is -2.32. The first-order chi connectivity index (χ1) is 21.8. The first-order valence-electron chi connectivity index (χ1n) is 14.7. The maximum Gasteiger partial charge on any atom is 0.322 e. The number of carbonyl (C=O) groups is 2. The highest BCUT2D eigenvalue weighted by Gasteiger charge is 2.34. The van der Waals surface area contributed by atoms with Crippen LogP contribution in [0.25, 0.3) is 21.9 Å². The smallest absolute Gasteiger partial charge is 0.322 e. The third-order valence-electron chi connectivity index (χ3n) is 7.95. The van der Waals surface area contributed by atoms with Gasteiger partial charge in [-0.05, 0) is 59.5 Å². The number of likely N-dealkylation sites (tertiary alicyclic amines) is 1. The van der Waals surface area contributed by atoms with Gasteiger partial charge in [-0.25, -0.2) is 13.2 Å². The Morgan fingerprint density at radius 3 is 2.26 bits per heavy atom. The fraction of sp³-hybridized carbons (Fsp3) is 0.314. The third-order valence-corrected chi connectivity index (χ3v) is 7.95. The lowest BCUT2D eigenvalue weighted by atomic mass is 9.93. The van der Waals surface area contributed by atoms with E-state index in [-0.39, 0.29) is 24.1 Å². The minimum atomic E-state index is -2.55. The van der Waals surface area contributed by atoms with Gasteiger partial charge >= 0.3 is 5.97 Å². The van der Waals surface area contributed by atoms with Crippen LogP contribution in [-0.4, -0.2) is 61.7 Å². The predicted molar refractivity (Wildman–Crippen MR) is 172 cm³/mol.